The second-order valence-electron chi connectivity index (χ2n) is 6.46. The maximum absolute atomic E-state index is 12.4. The first-order valence-corrected chi connectivity index (χ1v) is 7.47. The van der Waals surface area contributed by atoms with Crippen LogP contribution >= 0.6 is 0 Å². The van der Waals surface area contributed by atoms with Crippen LogP contribution in [0.15, 0.2) is 28.8 Å². The maximum Gasteiger partial charge on any atom is 0.573 e. The first-order valence-electron chi connectivity index (χ1n) is 7.47. The van der Waals surface area contributed by atoms with Gasteiger partial charge in [-0.3, -0.25) is 0 Å². The average Bonchev–Trinajstić information content (AvgIpc) is 2.94. The van der Waals surface area contributed by atoms with E-state index in [1.807, 2.05) is 20.8 Å². The summed E-state index contributed by atoms with van der Waals surface area (Å²) in [5.41, 5.74) is 0.145. The van der Waals surface area contributed by atoms with Crippen molar-refractivity contribution in [3.63, 3.8) is 0 Å². The molecule has 0 aliphatic carbocycles. The van der Waals surface area contributed by atoms with Crippen LogP contribution in [-0.2, 0) is 12.0 Å². The van der Waals surface area contributed by atoms with Crippen molar-refractivity contribution in [1.29, 1.82) is 0 Å². The molecule has 0 aliphatic rings. The second kappa shape index (κ2) is 6.80. The van der Waals surface area contributed by atoms with Crippen LogP contribution in [0.25, 0.3) is 0 Å². The Morgan fingerprint density at radius 2 is 1.88 bits per heavy atom. The van der Waals surface area contributed by atoms with Crippen molar-refractivity contribution in [2.45, 2.75) is 52.1 Å². The van der Waals surface area contributed by atoms with Gasteiger partial charge in [0.1, 0.15) is 5.75 Å². The highest BCUT2D eigenvalue weighted by molar-refractivity contribution is 5.33. The van der Waals surface area contributed by atoms with Crippen LogP contribution in [0, 0.1) is 0 Å². The van der Waals surface area contributed by atoms with E-state index in [9.17, 15) is 13.2 Å². The van der Waals surface area contributed by atoms with Gasteiger partial charge in [-0.05, 0) is 13.0 Å². The van der Waals surface area contributed by atoms with Gasteiger partial charge in [0.2, 0.25) is 5.89 Å². The van der Waals surface area contributed by atoms with Gasteiger partial charge < -0.3 is 14.6 Å². The van der Waals surface area contributed by atoms with E-state index in [4.69, 9.17) is 4.52 Å². The molecule has 0 amide bonds. The van der Waals surface area contributed by atoms with Crippen molar-refractivity contribution in [2.75, 3.05) is 0 Å². The molecule has 0 radical (unpaired) electrons. The largest absolute Gasteiger partial charge is 0.573 e. The Kier molecular flexibility index (Phi) is 5.17. The number of hydrogen-bond acceptors (Lipinski definition) is 5. The van der Waals surface area contributed by atoms with E-state index in [-0.39, 0.29) is 23.8 Å². The topological polar surface area (TPSA) is 60.2 Å². The Morgan fingerprint density at radius 1 is 1.21 bits per heavy atom. The van der Waals surface area contributed by atoms with Crippen LogP contribution in [0.5, 0.6) is 5.75 Å². The number of alkyl halides is 3. The van der Waals surface area contributed by atoms with Crippen LogP contribution in [0.2, 0.25) is 0 Å². The first kappa shape index (κ1) is 18.3. The fourth-order valence-corrected chi connectivity index (χ4v) is 1.94. The molecule has 1 aromatic carbocycles. The number of para-hydroxylation sites is 1. The molecule has 0 aliphatic heterocycles. The minimum Gasteiger partial charge on any atom is -0.405 e. The van der Waals surface area contributed by atoms with Gasteiger partial charge in [-0.25, -0.2) is 0 Å². The lowest BCUT2D eigenvalue weighted by Gasteiger charge is -2.15. The van der Waals surface area contributed by atoms with E-state index < -0.39 is 6.36 Å². The van der Waals surface area contributed by atoms with Gasteiger partial charge in [0, 0.05) is 17.5 Å². The average molecular weight is 343 g/mol. The van der Waals surface area contributed by atoms with Gasteiger partial charge in [0.05, 0.1) is 6.04 Å². The van der Waals surface area contributed by atoms with Crippen LogP contribution in [-0.4, -0.2) is 16.5 Å². The minimum atomic E-state index is -4.73. The normalized spacial score (nSPS) is 13.8. The summed E-state index contributed by atoms with van der Waals surface area (Å²) in [6.07, 6.45) is -4.73. The SMILES string of the molecule is CC(NCc1ccccc1OC(F)(F)F)c1nc(C(C)(C)C)no1. The summed E-state index contributed by atoms with van der Waals surface area (Å²) < 4.78 is 46.5. The van der Waals surface area contributed by atoms with E-state index >= 15 is 0 Å². The van der Waals surface area contributed by atoms with Crippen molar-refractivity contribution in [2.24, 2.45) is 0 Å². The summed E-state index contributed by atoms with van der Waals surface area (Å²) in [4.78, 5) is 4.32. The number of aromatic nitrogens is 2. The molecule has 1 heterocycles. The molecule has 0 saturated heterocycles. The van der Waals surface area contributed by atoms with Crippen LogP contribution in [0.3, 0.4) is 0 Å². The Hall–Kier alpha value is -2.09. The summed E-state index contributed by atoms with van der Waals surface area (Å²) >= 11 is 0. The predicted octanol–water partition coefficient (Wildman–Crippen LogP) is 4.12. The molecule has 5 nitrogen and oxygen atoms in total. The van der Waals surface area contributed by atoms with Gasteiger partial charge in [-0.1, -0.05) is 44.1 Å². The van der Waals surface area contributed by atoms with Crippen LogP contribution < -0.4 is 10.1 Å². The summed E-state index contributed by atoms with van der Waals surface area (Å²) in [5.74, 6) is 0.728. The second-order valence-corrected chi connectivity index (χ2v) is 6.46. The molecule has 24 heavy (non-hydrogen) atoms. The Balaban J connectivity index is 2.04. The van der Waals surface area contributed by atoms with E-state index in [1.165, 1.54) is 12.1 Å². The van der Waals surface area contributed by atoms with Crippen LogP contribution in [0.1, 0.15) is 51.0 Å². The predicted molar refractivity (Wildman–Crippen MR) is 81.4 cm³/mol. The number of hydrogen-bond donors (Lipinski definition) is 1. The molecule has 0 fully saturated rings. The Labute approximate surface area is 138 Å². The molecule has 132 valence electrons. The van der Waals surface area contributed by atoms with E-state index in [0.717, 1.165) is 0 Å². The summed E-state index contributed by atoms with van der Waals surface area (Å²) in [5, 5.41) is 6.99. The molecule has 0 saturated carbocycles. The molecule has 0 bridgehead atoms. The number of halogens is 3. The molecule has 8 heteroatoms. The van der Waals surface area contributed by atoms with Crippen molar-refractivity contribution >= 4 is 0 Å². The Morgan fingerprint density at radius 3 is 2.46 bits per heavy atom. The lowest BCUT2D eigenvalue weighted by molar-refractivity contribution is -0.274. The summed E-state index contributed by atoms with van der Waals surface area (Å²) in [6.45, 7) is 7.85. The quantitative estimate of drug-likeness (QED) is 0.885. The molecule has 2 aromatic rings. The molecule has 2 rings (SSSR count). The third-order valence-electron chi connectivity index (χ3n) is 3.28. The van der Waals surface area contributed by atoms with Gasteiger partial charge in [0.15, 0.2) is 5.82 Å². The first-order chi connectivity index (χ1) is 11.1. The lowest BCUT2D eigenvalue weighted by atomic mass is 9.96. The smallest absolute Gasteiger partial charge is 0.405 e. The fraction of sp³-hybridized carbons (Fsp3) is 0.500. The molecule has 1 unspecified atom stereocenters. The van der Waals surface area contributed by atoms with Crippen molar-refractivity contribution in [3.8, 4) is 5.75 Å². The van der Waals surface area contributed by atoms with Crippen molar-refractivity contribution in [1.82, 2.24) is 15.5 Å². The highest BCUT2D eigenvalue weighted by Crippen LogP contribution is 2.27. The third kappa shape index (κ3) is 4.95. The monoisotopic (exact) mass is 343 g/mol. The summed E-state index contributed by atoms with van der Waals surface area (Å²) in [7, 11) is 0. The van der Waals surface area contributed by atoms with E-state index in [2.05, 4.69) is 20.2 Å². The zero-order valence-electron chi connectivity index (χ0n) is 13.9. The zero-order valence-corrected chi connectivity index (χ0v) is 13.9. The molecule has 0 spiro atoms. The van der Waals surface area contributed by atoms with Crippen molar-refractivity contribution < 1.29 is 22.4 Å². The van der Waals surface area contributed by atoms with E-state index in [0.29, 0.717) is 17.3 Å². The Bertz CT molecular complexity index is 678. The van der Waals surface area contributed by atoms with Gasteiger partial charge in [-0.15, -0.1) is 13.2 Å². The minimum absolute atomic E-state index is 0.167. The number of nitrogens with one attached hydrogen (secondary N) is 1. The van der Waals surface area contributed by atoms with E-state index in [1.54, 1.807) is 19.1 Å². The number of benzene rings is 1. The van der Waals surface area contributed by atoms with Gasteiger partial charge in [0.25, 0.3) is 0 Å². The molecule has 1 aromatic heterocycles. The molecular formula is C16H20F3N3O2. The summed E-state index contributed by atoms with van der Waals surface area (Å²) in [6, 6.07) is 5.67. The van der Waals surface area contributed by atoms with Crippen LogP contribution in [0.4, 0.5) is 13.2 Å². The van der Waals surface area contributed by atoms with Crippen molar-refractivity contribution in [3.05, 3.63) is 41.5 Å². The number of rotatable bonds is 5. The van der Waals surface area contributed by atoms with Gasteiger partial charge in [-0.2, -0.15) is 4.98 Å². The highest BCUT2D eigenvalue weighted by atomic mass is 19.4. The number of ether oxygens (including phenoxy) is 1. The highest BCUT2D eigenvalue weighted by Gasteiger charge is 2.32. The zero-order chi connectivity index (χ0) is 18.0. The molecule has 1 N–H and O–H groups in total. The fourth-order valence-electron chi connectivity index (χ4n) is 1.94. The molecular weight excluding hydrogens is 323 g/mol. The standard InChI is InChI=1S/C16H20F3N3O2/c1-10(13-21-14(22-24-13)15(2,3)4)20-9-11-7-5-6-8-12(11)23-16(17,18)19/h5-8,10,20H,9H2,1-4H3. The third-order valence-corrected chi connectivity index (χ3v) is 3.28. The maximum atomic E-state index is 12.4. The lowest BCUT2D eigenvalue weighted by Crippen LogP contribution is -2.22. The molecule has 1 atom stereocenters. The number of nitrogens with zero attached hydrogens (tertiary/aromatic N) is 2. The van der Waals surface area contributed by atoms with Gasteiger partial charge >= 0.3 is 6.36 Å².